The molecular formula is C15H24FNO2. The van der Waals surface area contributed by atoms with E-state index >= 15 is 0 Å². The molecule has 0 unspecified atom stereocenters. The van der Waals surface area contributed by atoms with Gasteiger partial charge in [-0.2, -0.15) is 0 Å². The minimum atomic E-state index is -0.328. The Morgan fingerprint density at radius 1 is 1.21 bits per heavy atom. The van der Waals surface area contributed by atoms with Crippen molar-refractivity contribution in [1.29, 1.82) is 0 Å². The third-order valence-corrected chi connectivity index (χ3v) is 2.48. The highest BCUT2D eigenvalue weighted by molar-refractivity contribution is 5.34. The molecule has 0 saturated heterocycles. The van der Waals surface area contributed by atoms with Gasteiger partial charge in [-0.3, -0.25) is 0 Å². The Morgan fingerprint density at radius 3 is 2.58 bits per heavy atom. The molecule has 0 aliphatic heterocycles. The average molecular weight is 269 g/mol. The van der Waals surface area contributed by atoms with E-state index in [2.05, 4.69) is 5.32 Å². The van der Waals surface area contributed by atoms with Gasteiger partial charge in [0.1, 0.15) is 6.61 Å². The quantitative estimate of drug-likeness (QED) is 0.771. The van der Waals surface area contributed by atoms with Gasteiger partial charge >= 0.3 is 0 Å². The Morgan fingerprint density at radius 2 is 1.95 bits per heavy atom. The Kier molecular flexibility index (Phi) is 6.25. The van der Waals surface area contributed by atoms with Crippen molar-refractivity contribution in [3.8, 4) is 5.75 Å². The van der Waals surface area contributed by atoms with Crippen molar-refractivity contribution in [3.63, 3.8) is 0 Å². The van der Waals surface area contributed by atoms with E-state index < -0.39 is 0 Å². The van der Waals surface area contributed by atoms with E-state index in [4.69, 9.17) is 9.47 Å². The van der Waals surface area contributed by atoms with Crippen LogP contribution in [-0.2, 0) is 11.3 Å². The molecule has 108 valence electrons. The fourth-order valence-electron chi connectivity index (χ4n) is 1.61. The first-order valence-corrected chi connectivity index (χ1v) is 6.69. The largest absolute Gasteiger partial charge is 0.488 e. The van der Waals surface area contributed by atoms with E-state index in [9.17, 15) is 4.39 Å². The maximum absolute atomic E-state index is 13.7. The minimum Gasteiger partial charge on any atom is -0.488 e. The fraction of sp³-hybridized carbons (Fsp3) is 0.600. The van der Waals surface area contributed by atoms with Crippen molar-refractivity contribution in [2.75, 3.05) is 19.8 Å². The van der Waals surface area contributed by atoms with Gasteiger partial charge < -0.3 is 14.8 Å². The molecule has 0 fully saturated rings. The highest BCUT2D eigenvalue weighted by Gasteiger charge is 2.12. The van der Waals surface area contributed by atoms with Gasteiger partial charge in [0.15, 0.2) is 11.6 Å². The smallest absolute Gasteiger partial charge is 0.165 e. The first-order valence-electron chi connectivity index (χ1n) is 6.69. The van der Waals surface area contributed by atoms with Crippen LogP contribution < -0.4 is 10.1 Å². The second-order valence-corrected chi connectivity index (χ2v) is 5.32. The van der Waals surface area contributed by atoms with Gasteiger partial charge in [0.2, 0.25) is 0 Å². The second kappa shape index (κ2) is 7.46. The van der Waals surface area contributed by atoms with Gasteiger partial charge in [-0.25, -0.2) is 4.39 Å². The summed E-state index contributed by atoms with van der Waals surface area (Å²) >= 11 is 0. The summed E-state index contributed by atoms with van der Waals surface area (Å²) in [6, 6.07) is 4.97. The zero-order valence-corrected chi connectivity index (χ0v) is 12.3. The van der Waals surface area contributed by atoms with Crippen molar-refractivity contribution in [1.82, 2.24) is 5.32 Å². The van der Waals surface area contributed by atoms with Crippen LogP contribution >= 0.6 is 0 Å². The molecule has 0 aliphatic rings. The van der Waals surface area contributed by atoms with E-state index in [1.54, 1.807) is 6.07 Å². The third-order valence-electron chi connectivity index (χ3n) is 2.48. The van der Waals surface area contributed by atoms with Crippen LogP contribution in [-0.4, -0.2) is 25.4 Å². The SMILES string of the molecule is CCNCc1cccc(F)c1OCCOC(C)(C)C. The number of benzene rings is 1. The van der Waals surface area contributed by atoms with E-state index in [0.717, 1.165) is 12.1 Å². The van der Waals surface area contributed by atoms with Crippen LogP contribution in [0.2, 0.25) is 0 Å². The normalized spacial score (nSPS) is 11.6. The van der Waals surface area contributed by atoms with Crippen LogP contribution in [0.25, 0.3) is 0 Å². The number of ether oxygens (including phenoxy) is 2. The summed E-state index contributed by atoms with van der Waals surface area (Å²) < 4.78 is 24.8. The lowest BCUT2D eigenvalue weighted by Gasteiger charge is -2.20. The molecule has 0 aliphatic carbocycles. The predicted octanol–water partition coefficient (Wildman–Crippen LogP) is 3.13. The van der Waals surface area contributed by atoms with Crippen molar-refractivity contribution in [3.05, 3.63) is 29.6 Å². The molecule has 0 saturated carbocycles. The van der Waals surface area contributed by atoms with Crippen molar-refractivity contribution in [2.24, 2.45) is 0 Å². The first-order chi connectivity index (χ1) is 8.94. The van der Waals surface area contributed by atoms with Gasteiger partial charge in [0.05, 0.1) is 12.2 Å². The number of para-hydroxylation sites is 1. The van der Waals surface area contributed by atoms with Gasteiger partial charge in [0.25, 0.3) is 0 Å². The van der Waals surface area contributed by atoms with Crippen LogP contribution in [0.15, 0.2) is 18.2 Å². The zero-order valence-electron chi connectivity index (χ0n) is 12.3. The summed E-state index contributed by atoms with van der Waals surface area (Å²) in [6.07, 6.45) is 0. The fourth-order valence-corrected chi connectivity index (χ4v) is 1.61. The number of hydrogen-bond donors (Lipinski definition) is 1. The summed E-state index contributed by atoms with van der Waals surface area (Å²) in [7, 11) is 0. The molecule has 1 aromatic carbocycles. The Bertz CT molecular complexity index is 388. The summed E-state index contributed by atoms with van der Waals surface area (Å²) in [6.45, 7) is 10.2. The molecule has 0 heterocycles. The highest BCUT2D eigenvalue weighted by atomic mass is 19.1. The van der Waals surface area contributed by atoms with E-state index in [1.807, 2.05) is 33.8 Å². The molecule has 0 atom stereocenters. The molecule has 0 spiro atoms. The standard InChI is InChI=1S/C15H24FNO2/c1-5-17-11-12-7-6-8-13(16)14(12)18-9-10-19-15(2,3)4/h6-8,17H,5,9-11H2,1-4H3. The predicted molar refractivity (Wildman–Crippen MR) is 75.0 cm³/mol. The molecule has 19 heavy (non-hydrogen) atoms. The second-order valence-electron chi connectivity index (χ2n) is 5.32. The molecule has 4 heteroatoms. The maximum Gasteiger partial charge on any atom is 0.165 e. The average Bonchev–Trinajstić information content (AvgIpc) is 2.32. The van der Waals surface area contributed by atoms with E-state index in [1.165, 1.54) is 6.07 Å². The maximum atomic E-state index is 13.7. The molecule has 1 N–H and O–H groups in total. The minimum absolute atomic E-state index is 0.203. The van der Waals surface area contributed by atoms with Crippen LogP contribution in [0.4, 0.5) is 4.39 Å². The molecule has 3 nitrogen and oxygen atoms in total. The lowest BCUT2D eigenvalue weighted by molar-refractivity contribution is -0.0167. The third kappa shape index (κ3) is 6.03. The topological polar surface area (TPSA) is 30.5 Å². The summed E-state index contributed by atoms with van der Waals surface area (Å²) in [5.74, 6) is -0.00730. The zero-order chi connectivity index (χ0) is 14.3. The van der Waals surface area contributed by atoms with Crippen molar-refractivity contribution >= 4 is 0 Å². The van der Waals surface area contributed by atoms with Crippen LogP contribution in [0.3, 0.4) is 0 Å². The lowest BCUT2D eigenvalue weighted by atomic mass is 10.2. The molecule has 0 radical (unpaired) electrons. The molecule has 0 amide bonds. The van der Waals surface area contributed by atoms with Crippen molar-refractivity contribution < 1.29 is 13.9 Å². The van der Waals surface area contributed by atoms with Gasteiger partial charge in [-0.05, 0) is 33.4 Å². The molecule has 1 aromatic rings. The van der Waals surface area contributed by atoms with E-state index in [0.29, 0.717) is 25.5 Å². The van der Waals surface area contributed by atoms with Crippen LogP contribution in [0, 0.1) is 5.82 Å². The molecule has 0 bridgehead atoms. The van der Waals surface area contributed by atoms with Gasteiger partial charge in [-0.1, -0.05) is 19.1 Å². The number of nitrogens with one attached hydrogen (secondary N) is 1. The van der Waals surface area contributed by atoms with Gasteiger partial charge in [0, 0.05) is 12.1 Å². The number of halogens is 1. The monoisotopic (exact) mass is 269 g/mol. The van der Waals surface area contributed by atoms with Gasteiger partial charge in [-0.15, -0.1) is 0 Å². The number of hydrogen-bond acceptors (Lipinski definition) is 3. The first kappa shape index (κ1) is 15.9. The summed E-state index contributed by atoms with van der Waals surface area (Å²) in [5, 5.41) is 3.17. The highest BCUT2D eigenvalue weighted by Crippen LogP contribution is 2.22. The summed E-state index contributed by atoms with van der Waals surface area (Å²) in [4.78, 5) is 0. The summed E-state index contributed by atoms with van der Waals surface area (Å²) in [5.41, 5.74) is 0.628. The molecule has 0 aromatic heterocycles. The number of rotatable bonds is 7. The Hall–Kier alpha value is -1.13. The Balaban J connectivity index is 2.56. The van der Waals surface area contributed by atoms with E-state index in [-0.39, 0.29) is 11.4 Å². The van der Waals surface area contributed by atoms with Crippen LogP contribution in [0.1, 0.15) is 33.3 Å². The van der Waals surface area contributed by atoms with Crippen molar-refractivity contribution in [2.45, 2.75) is 39.8 Å². The lowest BCUT2D eigenvalue weighted by Crippen LogP contribution is -2.23. The van der Waals surface area contributed by atoms with Crippen LogP contribution in [0.5, 0.6) is 5.75 Å². The Labute approximate surface area is 115 Å². The molecular weight excluding hydrogens is 245 g/mol. The molecule has 1 rings (SSSR count).